The molecule has 1 amide bonds. The highest BCUT2D eigenvalue weighted by molar-refractivity contribution is 5.96. The zero-order chi connectivity index (χ0) is 16.6. The van der Waals surface area contributed by atoms with Crippen LogP contribution in [0.2, 0.25) is 0 Å². The molecule has 1 N–H and O–H groups in total. The number of anilines is 1. The quantitative estimate of drug-likeness (QED) is 0.878. The summed E-state index contributed by atoms with van der Waals surface area (Å²) in [5, 5.41) is 3.19. The molecule has 5 aliphatic rings. The van der Waals surface area contributed by atoms with Crippen LogP contribution < -0.4 is 14.8 Å². The number of hydrogen-bond acceptors (Lipinski definition) is 3. The Kier molecular flexibility index (Phi) is 2.72. The summed E-state index contributed by atoms with van der Waals surface area (Å²) in [7, 11) is 0. The van der Waals surface area contributed by atoms with Gasteiger partial charge in [-0.1, -0.05) is 13.8 Å². The molecule has 4 aliphatic carbocycles. The van der Waals surface area contributed by atoms with Crippen molar-refractivity contribution in [3.63, 3.8) is 0 Å². The molecule has 0 unspecified atom stereocenters. The van der Waals surface area contributed by atoms with Crippen molar-refractivity contribution in [1.82, 2.24) is 0 Å². The average Bonchev–Trinajstić information content (AvgIpc) is 2.90. The van der Waals surface area contributed by atoms with Crippen LogP contribution in [0, 0.1) is 22.2 Å². The fourth-order valence-electron chi connectivity index (χ4n) is 6.94. The van der Waals surface area contributed by atoms with E-state index in [1.54, 1.807) is 0 Å². The molecule has 1 heterocycles. The van der Waals surface area contributed by atoms with Crippen LogP contribution in [-0.2, 0) is 4.79 Å². The Morgan fingerprint density at radius 1 is 1.04 bits per heavy atom. The van der Waals surface area contributed by atoms with E-state index < -0.39 is 0 Å². The van der Waals surface area contributed by atoms with Crippen LogP contribution in [0.1, 0.15) is 52.4 Å². The Labute approximate surface area is 142 Å². The van der Waals surface area contributed by atoms with Gasteiger partial charge in [-0.2, -0.15) is 0 Å². The van der Waals surface area contributed by atoms with Gasteiger partial charge < -0.3 is 14.8 Å². The van der Waals surface area contributed by atoms with E-state index in [9.17, 15) is 4.79 Å². The molecule has 4 bridgehead atoms. The monoisotopic (exact) mass is 327 g/mol. The number of hydrogen-bond donors (Lipinski definition) is 1. The Hall–Kier alpha value is -1.71. The second-order valence-electron chi connectivity index (χ2n) is 9.43. The fourth-order valence-corrected chi connectivity index (χ4v) is 6.94. The summed E-state index contributed by atoms with van der Waals surface area (Å²) in [6.07, 6.45) is 7.05. The van der Waals surface area contributed by atoms with Crippen molar-refractivity contribution in [2.45, 2.75) is 52.4 Å². The largest absolute Gasteiger partial charge is 0.454 e. The Balaban J connectivity index is 1.43. The van der Waals surface area contributed by atoms with E-state index in [4.69, 9.17) is 9.47 Å². The minimum atomic E-state index is -0.181. The van der Waals surface area contributed by atoms with Crippen molar-refractivity contribution >= 4 is 11.6 Å². The number of carbonyl (C=O) groups is 1. The van der Waals surface area contributed by atoms with Crippen molar-refractivity contribution in [3.05, 3.63) is 18.2 Å². The first-order valence-electron chi connectivity index (χ1n) is 9.08. The van der Waals surface area contributed by atoms with E-state index in [-0.39, 0.29) is 18.1 Å². The number of carbonyl (C=O) groups excluding carboxylic acids is 1. The van der Waals surface area contributed by atoms with E-state index in [0.29, 0.717) is 10.8 Å². The number of fused-ring (bicyclic) bond motifs is 1. The van der Waals surface area contributed by atoms with Crippen LogP contribution in [-0.4, -0.2) is 12.7 Å². The van der Waals surface area contributed by atoms with Gasteiger partial charge in [0.05, 0.1) is 5.41 Å². The van der Waals surface area contributed by atoms with Crippen LogP contribution in [0.3, 0.4) is 0 Å². The third kappa shape index (κ3) is 2.08. The lowest BCUT2D eigenvalue weighted by Crippen LogP contribution is -2.58. The summed E-state index contributed by atoms with van der Waals surface area (Å²) in [5.74, 6) is 2.40. The van der Waals surface area contributed by atoms with Crippen molar-refractivity contribution < 1.29 is 14.3 Å². The Morgan fingerprint density at radius 2 is 1.75 bits per heavy atom. The van der Waals surface area contributed by atoms with Crippen molar-refractivity contribution in [2.75, 3.05) is 12.1 Å². The van der Waals surface area contributed by atoms with Gasteiger partial charge in [0.2, 0.25) is 12.7 Å². The highest BCUT2D eigenvalue weighted by Crippen LogP contribution is 2.69. The first kappa shape index (κ1) is 14.6. The molecule has 1 aromatic carbocycles. The zero-order valence-electron chi connectivity index (χ0n) is 14.5. The van der Waals surface area contributed by atoms with E-state index in [2.05, 4.69) is 19.2 Å². The molecule has 6 rings (SSSR count). The second-order valence-corrected chi connectivity index (χ2v) is 9.43. The van der Waals surface area contributed by atoms with Crippen LogP contribution in [0.25, 0.3) is 0 Å². The first-order valence-corrected chi connectivity index (χ1v) is 9.08. The predicted octanol–water partition coefficient (Wildman–Crippen LogP) is 4.35. The standard InChI is InChI=1S/C20H25NO3/c1-18-6-13-7-19(2,9-18)11-20(8-13,10-18)17(22)21-14-3-4-15-16(5-14)24-12-23-15/h3-5,13H,6-12H2,1-2H3,(H,21,22)/t13?,18-,19-,20?/m1/s1. The van der Waals surface area contributed by atoms with E-state index in [0.717, 1.165) is 42.4 Å². The van der Waals surface area contributed by atoms with Crippen molar-refractivity contribution in [3.8, 4) is 11.5 Å². The Bertz CT molecular complexity index is 710. The molecule has 128 valence electrons. The molecule has 24 heavy (non-hydrogen) atoms. The predicted molar refractivity (Wildman–Crippen MR) is 91.0 cm³/mol. The first-order chi connectivity index (χ1) is 11.4. The highest BCUT2D eigenvalue weighted by Gasteiger charge is 2.62. The lowest BCUT2D eigenvalue weighted by atomic mass is 9.40. The summed E-state index contributed by atoms with van der Waals surface area (Å²) in [5.41, 5.74) is 1.33. The number of amides is 1. The third-order valence-electron chi connectivity index (χ3n) is 6.74. The minimum absolute atomic E-state index is 0.181. The Morgan fingerprint density at radius 3 is 2.46 bits per heavy atom. The molecule has 0 spiro atoms. The lowest BCUT2D eigenvalue weighted by molar-refractivity contribution is -0.165. The van der Waals surface area contributed by atoms with Crippen LogP contribution in [0.15, 0.2) is 18.2 Å². The maximum Gasteiger partial charge on any atom is 0.231 e. The fraction of sp³-hybridized carbons (Fsp3) is 0.650. The molecule has 4 nitrogen and oxygen atoms in total. The maximum absolute atomic E-state index is 13.3. The average molecular weight is 327 g/mol. The summed E-state index contributed by atoms with van der Waals surface area (Å²) < 4.78 is 10.8. The van der Waals surface area contributed by atoms with Gasteiger partial charge in [-0.3, -0.25) is 4.79 Å². The van der Waals surface area contributed by atoms with Gasteiger partial charge in [0.15, 0.2) is 11.5 Å². The molecule has 0 aromatic heterocycles. The van der Waals surface area contributed by atoms with Crippen molar-refractivity contribution in [2.24, 2.45) is 22.2 Å². The summed E-state index contributed by atoms with van der Waals surface area (Å²) in [6.45, 7) is 5.06. The zero-order valence-corrected chi connectivity index (χ0v) is 14.5. The smallest absolute Gasteiger partial charge is 0.231 e. The molecule has 1 aliphatic heterocycles. The maximum atomic E-state index is 13.3. The molecular formula is C20H25NO3. The SMILES string of the molecule is C[C@]12CC3CC(C(=O)Nc4ccc5c(c4)OCO5)(C1)C[C@](C)(C3)C2. The summed E-state index contributed by atoms with van der Waals surface area (Å²) in [4.78, 5) is 13.3. The van der Waals surface area contributed by atoms with Gasteiger partial charge in [-0.25, -0.2) is 0 Å². The van der Waals surface area contributed by atoms with E-state index >= 15 is 0 Å². The van der Waals surface area contributed by atoms with Crippen molar-refractivity contribution in [1.29, 1.82) is 0 Å². The normalized spacial score (nSPS) is 41.5. The minimum Gasteiger partial charge on any atom is -0.454 e. The van der Waals surface area contributed by atoms with E-state index in [1.807, 2.05) is 18.2 Å². The van der Waals surface area contributed by atoms with E-state index in [1.165, 1.54) is 19.3 Å². The van der Waals surface area contributed by atoms with Gasteiger partial charge in [-0.05, 0) is 67.4 Å². The van der Waals surface area contributed by atoms with Gasteiger partial charge in [0.1, 0.15) is 0 Å². The molecular weight excluding hydrogens is 302 g/mol. The van der Waals surface area contributed by atoms with Gasteiger partial charge >= 0.3 is 0 Å². The third-order valence-corrected chi connectivity index (χ3v) is 6.74. The number of benzene rings is 1. The lowest BCUT2D eigenvalue weighted by Gasteiger charge is -2.64. The van der Waals surface area contributed by atoms with Crippen LogP contribution >= 0.6 is 0 Å². The molecule has 1 aromatic rings. The topological polar surface area (TPSA) is 47.6 Å². The molecule has 2 atom stereocenters. The summed E-state index contributed by atoms with van der Waals surface area (Å²) >= 11 is 0. The molecule has 4 heteroatoms. The second kappa shape index (κ2) is 4.47. The van der Waals surface area contributed by atoms with Gasteiger partial charge in [-0.15, -0.1) is 0 Å². The number of nitrogens with one attached hydrogen (secondary N) is 1. The molecule has 0 saturated heterocycles. The number of rotatable bonds is 2. The van der Waals surface area contributed by atoms with Gasteiger partial charge in [0.25, 0.3) is 0 Å². The molecule has 0 radical (unpaired) electrons. The summed E-state index contributed by atoms with van der Waals surface area (Å²) in [6, 6.07) is 5.67. The van der Waals surface area contributed by atoms with Crippen LogP contribution in [0.4, 0.5) is 5.69 Å². The molecule has 4 saturated carbocycles. The highest BCUT2D eigenvalue weighted by atomic mass is 16.7. The molecule has 4 fully saturated rings. The number of ether oxygens (including phenoxy) is 2. The van der Waals surface area contributed by atoms with Gasteiger partial charge in [0, 0.05) is 11.8 Å². The van der Waals surface area contributed by atoms with Crippen LogP contribution in [0.5, 0.6) is 11.5 Å².